The van der Waals surface area contributed by atoms with Crippen LogP contribution in [-0.2, 0) is 0 Å². The van der Waals surface area contributed by atoms with Crippen LogP contribution in [0.15, 0.2) is 158 Å². The molecule has 5 heterocycles. The number of hydrogen-bond donors (Lipinski definition) is 0. The second-order valence-electron chi connectivity index (χ2n) is 12.0. The summed E-state index contributed by atoms with van der Waals surface area (Å²) in [6, 6.07) is 54.3. The van der Waals surface area contributed by atoms with Gasteiger partial charge in [0.2, 0.25) is 0 Å². The van der Waals surface area contributed by atoms with E-state index in [0.717, 1.165) is 89.4 Å². The normalized spacial score (nSPS) is 11.9. The maximum atomic E-state index is 5.16. The average Bonchev–Trinajstić information content (AvgIpc) is 3.92. The summed E-state index contributed by atoms with van der Waals surface area (Å²) in [5, 5.41) is 0. The van der Waals surface area contributed by atoms with Crippen LogP contribution >= 0.6 is 0 Å². The molecule has 5 nitrogen and oxygen atoms in total. The molecular weight excluding hydrogens is 625 g/mol. The molecule has 9 rings (SSSR count). The van der Waals surface area contributed by atoms with E-state index in [9.17, 15) is 0 Å². The maximum Gasteiger partial charge on any atom is 2.00 e. The van der Waals surface area contributed by atoms with Crippen LogP contribution in [0, 0.1) is 0 Å². The largest absolute Gasteiger partial charge is 2.00 e. The van der Waals surface area contributed by atoms with Gasteiger partial charge in [-0.1, -0.05) is 158 Å². The van der Waals surface area contributed by atoms with Crippen molar-refractivity contribution in [3.63, 3.8) is 0 Å². The van der Waals surface area contributed by atoms with E-state index in [0.29, 0.717) is 0 Å². The average molecular weight is 655 g/mol. The van der Waals surface area contributed by atoms with E-state index in [1.807, 2.05) is 24.3 Å². The van der Waals surface area contributed by atoms with Gasteiger partial charge in [0.15, 0.2) is 0 Å². The van der Waals surface area contributed by atoms with Gasteiger partial charge in [-0.15, -0.1) is 22.1 Å². The second kappa shape index (κ2) is 14.0. The van der Waals surface area contributed by atoms with Crippen LogP contribution in [0.4, 0.5) is 0 Å². The van der Waals surface area contributed by atoms with Crippen molar-refractivity contribution in [3.8, 4) is 22.3 Å². The van der Waals surface area contributed by atoms with Gasteiger partial charge in [0.1, 0.15) is 0 Å². The van der Waals surface area contributed by atoms with Crippen molar-refractivity contribution in [3.05, 3.63) is 192 Å². The fourth-order valence-corrected chi connectivity index (χ4v) is 6.51. The fourth-order valence-electron chi connectivity index (χ4n) is 6.51. The Bertz CT molecular complexity index is 2360. The summed E-state index contributed by atoms with van der Waals surface area (Å²) < 4.78 is 0. The van der Waals surface area contributed by atoms with Crippen molar-refractivity contribution in [2.24, 2.45) is 0 Å². The summed E-state index contributed by atoms with van der Waals surface area (Å²) >= 11 is 0. The van der Waals surface area contributed by atoms with E-state index in [-0.39, 0.29) is 28.5 Å². The van der Waals surface area contributed by atoms with Gasteiger partial charge in [0.05, 0.1) is 22.8 Å². The second-order valence-corrected chi connectivity index (χ2v) is 12.0. The van der Waals surface area contributed by atoms with Crippen molar-refractivity contribution in [2.75, 3.05) is 0 Å². The van der Waals surface area contributed by atoms with Crippen molar-refractivity contribution < 1.29 is 5.48 Å². The van der Waals surface area contributed by atoms with Gasteiger partial charge >= 0.3 is 23.1 Å². The zero-order valence-electron chi connectivity index (χ0n) is 27.2. The maximum absolute atomic E-state index is 5.16. The molecule has 4 aromatic carbocycles. The zero-order chi connectivity index (χ0) is 31.9. The van der Waals surface area contributed by atoms with Crippen LogP contribution in [0.2, 0.25) is 0 Å². The summed E-state index contributed by atoms with van der Waals surface area (Å²) in [4.78, 5) is 20.6. The summed E-state index contributed by atoms with van der Waals surface area (Å²) in [6.45, 7) is 0. The Balaban J connectivity index is 0.00000196. The molecule has 0 radical (unpaired) electrons. The molecule has 0 saturated carbocycles. The first-order valence-corrected chi connectivity index (χ1v) is 16.1. The number of benzene rings is 4. The van der Waals surface area contributed by atoms with Crippen molar-refractivity contribution >= 4 is 68.4 Å². The summed E-state index contributed by atoms with van der Waals surface area (Å²) in [6.07, 6.45) is 4.30. The van der Waals surface area contributed by atoms with E-state index in [4.69, 9.17) is 19.9 Å². The Morgan fingerprint density at radius 3 is 1.08 bits per heavy atom. The molecule has 0 aliphatic carbocycles. The van der Waals surface area contributed by atoms with Gasteiger partial charge in [0, 0.05) is 11.1 Å². The third kappa shape index (κ3) is 6.35. The molecule has 8 bridgehead atoms. The predicted octanol–water partition coefficient (Wildman–Crippen LogP) is 8.88. The van der Waals surface area contributed by atoms with Gasteiger partial charge < -0.3 is 15.4 Å². The molecule has 2 aliphatic heterocycles. The molecule has 0 spiro atoms. The molecule has 0 atom stereocenters. The molecule has 2 N–H and O–H groups in total. The molecule has 0 amide bonds. The van der Waals surface area contributed by atoms with Gasteiger partial charge in [0.25, 0.3) is 0 Å². The topological polar surface area (TPSA) is 85.5 Å². The van der Waals surface area contributed by atoms with Crippen LogP contribution in [0.3, 0.4) is 0 Å². The smallest absolute Gasteiger partial charge is 0.657 e. The number of fused-ring (bicyclic) bond motifs is 8. The van der Waals surface area contributed by atoms with Crippen LogP contribution in [0.5, 0.6) is 0 Å². The minimum absolute atomic E-state index is 0. The van der Waals surface area contributed by atoms with Gasteiger partial charge in [-0.25, -0.2) is 9.97 Å². The van der Waals surface area contributed by atoms with Gasteiger partial charge in [-0.2, -0.15) is 0 Å². The number of nitrogens with zero attached hydrogens (tertiary/aromatic N) is 4. The van der Waals surface area contributed by atoms with Gasteiger partial charge in [-0.3, -0.25) is 0 Å². The third-order valence-electron chi connectivity index (χ3n) is 8.75. The first-order valence-electron chi connectivity index (χ1n) is 16.1. The zero-order valence-corrected chi connectivity index (χ0v) is 28.6. The SMILES string of the molecule is C1=C(c2ccccc2)c2cc3cc(-c4ccccc4)c(cc4nc(cc5cc(-c6ccccc6)c(cc1n2)[n-]5)C(c1ccccc1)=C4)[n-]3.O.[Mg+2]. The molecule has 50 heavy (non-hydrogen) atoms. The van der Waals surface area contributed by atoms with Crippen LogP contribution in [0.1, 0.15) is 33.9 Å². The molecule has 0 fully saturated rings. The van der Waals surface area contributed by atoms with E-state index < -0.39 is 0 Å². The first kappa shape index (κ1) is 32.7. The molecular formula is C44H30MgN4O. The summed E-state index contributed by atoms with van der Waals surface area (Å²) in [5.74, 6) is 0. The fraction of sp³-hybridized carbons (Fsp3) is 0. The summed E-state index contributed by atoms with van der Waals surface area (Å²) in [7, 11) is 0. The quantitative estimate of drug-likeness (QED) is 0.177. The van der Waals surface area contributed by atoms with Crippen LogP contribution < -0.4 is 9.97 Å². The number of aromatic nitrogens is 4. The first-order chi connectivity index (χ1) is 23.7. The molecule has 6 heteroatoms. The Kier molecular flexibility index (Phi) is 9.15. The van der Waals surface area contributed by atoms with E-state index >= 15 is 0 Å². The van der Waals surface area contributed by atoms with E-state index in [2.05, 4.69) is 146 Å². The number of rotatable bonds is 4. The predicted molar refractivity (Wildman–Crippen MR) is 206 cm³/mol. The Morgan fingerprint density at radius 1 is 0.380 bits per heavy atom. The van der Waals surface area contributed by atoms with Crippen molar-refractivity contribution in [2.45, 2.75) is 0 Å². The number of hydrogen-bond acceptors (Lipinski definition) is 2. The Labute approximate surface area is 306 Å². The Hall–Kier alpha value is -5.79. The monoisotopic (exact) mass is 654 g/mol. The molecule has 0 saturated heterocycles. The van der Waals surface area contributed by atoms with E-state index in [1.165, 1.54) is 0 Å². The van der Waals surface area contributed by atoms with Crippen LogP contribution in [-0.4, -0.2) is 38.5 Å². The molecule has 234 valence electrons. The molecule has 2 aliphatic rings. The van der Waals surface area contributed by atoms with E-state index in [1.54, 1.807) is 0 Å². The van der Waals surface area contributed by atoms with Gasteiger partial charge in [-0.05, 0) is 45.5 Å². The minimum Gasteiger partial charge on any atom is -0.657 e. The third-order valence-corrected chi connectivity index (χ3v) is 8.75. The minimum atomic E-state index is 0. The molecule has 7 aromatic rings. The van der Waals surface area contributed by atoms with Crippen molar-refractivity contribution in [1.29, 1.82) is 0 Å². The van der Waals surface area contributed by atoms with Crippen molar-refractivity contribution in [1.82, 2.24) is 19.9 Å². The molecule has 3 aromatic heterocycles. The molecule has 0 unspecified atom stereocenters. The van der Waals surface area contributed by atoms with Crippen LogP contribution in [0.25, 0.3) is 67.6 Å². The standard InChI is InChI=1S/C44H28N4.Mg.H2O/c1-5-13-29(14-6-1)37-21-33-26-42-39(31-17-9-3-10-18-31)23-35(47-42)28-44-40(32-19-11-4-12-20-32)24-36(48-44)27-43-38(30-15-7-2-8-16-30)22-34(46-43)25-41(37)45-33;;/h1-28H;;1H2/q-2;+2;. The summed E-state index contributed by atoms with van der Waals surface area (Å²) in [5.41, 5.74) is 15.4. The Morgan fingerprint density at radius 2 is 0.720 bits per heavy atom.